The Morgan fingerprint density at radius 2 is 2.00 bits per heavy atom. The zero-order chi connectivity index (χ0) is 17.0. The second kappa shape index (κ2) is 9.25. The highest BCUT2D eigenvalue weighted by molar-refractivity contribution is 8.00. The molecule has 3 unspecified atom stereocenters. The molecule has 1 amide bonds. The van der Waals surface area contributed by atoms with Crippen molar-refractivity contribution < 1.29 is 9.72 Å². The number of carbonyl (C=O) groups excluding carboxylic acids is 1. The van der Waals surface area contributed by atoms with Crippen LogP contribution in [-0.4, -0.2) is 40.1 Å². The third-order valence-electron chi connectivity index (χ3n) is 4.22. The van der Waals surface area contributed by atoms with Crippen LogP contribution < -0.4 is 5.73 Å². The second-order valence-electron chi connectivity index (χ2n) is 6.06. The smallest absolute Gasteiger partial charge is 0.269 e. The Morgan fingerprint density at radius 3 is 2.54 bits per heavy atom. The molecule has 24 heavy (non-hydrogen) atoms. The van der Waals surface area contributed by atoms with E-state index in [4.69, 9.17) is 5.73 Å². The lowest BCUT2D eigenvalue weighted by Gasteiger charge is -2.35. The molecule has 6 nitrogen and oxygen atoms in total. The van der Waals surface area contributed by atoms with Gasteiger partial charge in [-0.15, -0.1) is 24.2 Å². The first kappa shape index (κ1) is 20.7. The SMILES string of the molecule is CC(Sc1ccc([N+](=O)[O-])cc1)C(=O)N1CCCC(C(C)N)C1.Cl. The van der Waals surface area contributed by atoms with Gasteiger partial charge in [0.1, 0.15) is 0 Å². The van der Waals surface area contributed by atoms with Crippen LogP contribution in [0.3, 0.4) is 0 Å². The molecule has 1 heterocycles. The molecule has 1 aliphatic rings. The molecule has 1 fully saturated rings. The lowest BCUT2D eigenvalue weighted by atomic mass is 9.92. The molecule has 0 radical (unpaired) electrons. The first-order valence-corrected chi connectivity index (χ1v) is 8.72. The van der Waals surface area contributed by atoms with Gasteiger partial charge in [0.15, 0.2) is 0 Å². The van der Waals surface area contributed by atoms with Crippen LogP contribution in [0.25, 0.3) is 0 Å². The summed E-state index contributed by atoms with van der Waals surface area (Å²) >= 11 is 1.43. The number of hydrogen-bond acceptors (Lipinski definition) is 5. The van der Waals surface area contributed by atoms with Crippen LogP contribution in [0, 0.1) is 16.0 Å². The topological polar surface area (TPSA) is 89.5 Å². The van der Waals surface area contributed by atoms with Crippen LogP contribution >= 0.6 is 24.2 Å². The van der Waals surface area contributed by atoms with E-state index in [1.807, 2.05) is 18.7 Å². The maximum atomic E-state index is 12.6. The van der Waals surface area contributed by atoms with Crippen molar-refractivity contribution in [2.45, 2.75) is 42.9 Å². The van der Waals surface area contributed by atoms with Crippen LogP contribution in [0.2, 0.25) is 0 Å². The summed E-state index contributed by atoms with van der Waals surface area (Å²) in [7, 11) is 0. The number of benzene rings is 1. The van der Waals surface area contributed by atoms with Gasteiger partial charge in [0.05, 0.1) is 10.2 Å². The lowest BCUT2D eigenvalue weighted by Crippen LogP contribution is -2.47. The van der Waals surface area contributed by atoms with Crippen LogP contribution in [0.4, 0.5) is 5.69 Å². The van der Waals surface area contributed by atoms with Gasteiger partial charge in [0.25, 0.3) is 5.69 Å². The van der Waals surface area contributed by atoms with E-state index in [1.54, 1.807) is 12.1 Å². The van der Waals surface area contributed by atoms with Crippen LogP contribution in [0.5, 0.6) is 0 Å². The molecular weight excluding hydrogens is 350 g/mol. The monoisotopic (exact) mass is 373 g/mol. The maximum absolute atomic E-state index is 12.6. The Labute approximate surface area is 152 Å². The van der Waals surface area contributed by atoms with Gasteiger partial charge in [0.2, 0.25) is 5.91 Å². The fraction of sp³-hybridized carbons (Fsp3) is 0.562. The van der Waals surface area contributed by atoms with Crippen molar-refractivity contribution in [2.75, 3.05) is 13.1 Å². The van der Waals surface area contributed by atoms with Crippen molar-refractivity contribution in [3.05, 3.63) is 34.4 Å². The summed E-state index contributed by atoms with van der Waals surface area (Å²) in [6.07, 6.45) is 2.07. The number of hydrogen-bond donors (Lipinski definition) is 1. The number of non-ortho nitro benzene ring substituents is 1. The number of likely N-dealkylation sites (tertiary alicyclic amines) is 1. The number of amides is 1. The molecule has 0 aliphatic carbocycles. The molecule has 2 N–H and O–H groups in total. The Balaban J connectivity index is 0.00000288. The highest BCUT2D eigenvalue weighted by Gasteiger charge is 2.28. The van der Waals surface area contributed by atoms with Crippen LogP contribution in [0.1, 0.15) is 26.7 Å². The number of halogens is 1. The molecule has 0 bridgehead atoms. The van der Waals surface area contributed by atoms with E-state index < -0.39 is 4.92 Å². The van der Waals surface area contributed by atoms with E-state index in [2.05, 4.69) is 0 Å². The molecule has 0 spiro atoms. The predicted octanol–water partition coefficient (Wildman–Crippen LogP) is 3.08. The van der Waals surface area contributed by atoms with Gasteiger partial charge in [-0.25, -0.2) is 0 Å². The van der Waals surface area contributed by atoms with Crippen molar-refractivity contribution in [3.63, 3.8) is 0 Å². The Kier molecular flexibility index (Phi) is 7.99. The van der Waals surface area contributed by atoms with Gasteiger partial charge in [0, 0.05) is 36.2 Å². The molecule has 1 aromatic carbocycles. The van der Waals surface area contributed by atoms with Gasteiger partial charge in [-0.05, 0) is 44.7 Å². The Bertz CT molecular complexity index is 568. The second-order valence-corrected chi connectivity index (χ2v) is 7.47. The van der Waals surface area contributed by atoms with Gasteiger partial charge in [-0.3, -0.25) is 14.9 Å². The number of rotatable bonds is 5. The normalized spacial score (nSPS) is 20.0. The molecule has 3 atom stereocenters. The van der Waals surface area contributed by atoms with Crippen molar-refractivity contribution in [1.82, 2.24) is 4.90 Å². The summed E-state index contributed by atoms with van der Waals surface area (Å²) in [4.78, 5) is 25.6. The molecule has 1 aromatic rings. The first-order chi connectivity index (χ1) is 10.9. The number of carbonyl (C=O) groups is 1. The highest BCUT2D eigenvalue weighted by atomic mass is 35.5. The zero-order valence-electron chi connectivity index (χ0n) is 13.9. The molecule has 1 saturated heterocycles. The van der Waals surface area contributed by atoms with Gasteiger partial charge < -0.3 is 10.6 Å². The van der Waals surface area contributed by atoms with Crippen molar-refractivity contribution in [3.8, 4) is 0 Å². The lowest BCUT2D eigenvalue weighted by molar-refractivity contribution is -0.384. The Hall–Kier alpha value is -1.31. The summed E-state index contributed by atoms with van der Waals surface area (Å²) in [5.74, 6) is 0.475. The minimum Gasteiger partial charge on any atom is -0.341 e. The molecule has 0 saturated carbocycles. The van der Waals surface area contributed by atoms with E-state index in [-0.39, 0.29) is 35.3 Å². The third-order valence-corrected chi connectivity index (χ3v) is 5.32. The summed E-state index contributed by atoms with van der Waals surface area (Å²) in [5.41, 5.74) is 6.03. The number of nitro benzene ring substituents is 1. The molecule has 0 aromatic heterocycles. The molecule has 134 valence electrons. The van der Waals surface area contributed by atoms with E-state index in [0.717, 1.165) is 30.8 Å². The third kappa shape index (κ3) is 5.36. The van der Waals surface area contributed by atoms with Crippen LogP contribution in [0.15, 0.2) is 29.2 Å². The predicted molar refractivity (Wildman–Crippen MR) is 98.6 cm³/mol. The standard InChI is InChI=1S/C16H23N3O3S.ClH/c1-11(17)13-4-3-9-18(10-13)16(20)12(2)23-15-7-5-14(6-8-15)19(21)22;/h5-8,11-13H,3-4,9-10,17H2,1-2H3;1H. The summed E-state index contributed by atoms with van der Waals surface area (Å²) < 4.78 is 0. The average Bonchev–Trinajstić information content (AvgIpc) is 2.54. The van der Waals surface area contributed by atoms with Crippen molar-refractivity contribution >= 4 is 35.8 Å². The summed E-state index contributed by atoms with van der Waals surface area (Å²) in [6.45, 7) is 5.38. The van der Waals surface area contributed by atoms with Crippen LogP contribution in [-0.2, 0) is 4.79 Å². The van der Waals surface area contributed by atoms with E-state index >= 15 is 0 Å². The van der Waals surface area contributed by atoms with Gasteiger partial charge >= 0.3 is 0 Å². The van der Waals surface area contributed by atoms with Crippen molar-refractivity contribution in [1.29, 1.82) is 0 Å². The van der Waals surface area contributed by atoms with Gasteiger partial charge in [-0.1, -0.05) is 0 Å². The maximum Gasteiger partial charge on any atom is 0.269 e. The van der Waals surface area contributed by atoms with E-state index in [9.17, 15) is 14.9 Å². The average molecular weight is 374 g/mol. The first-order valence-electron chi connectivity index (χ1n) is 7.84. The summed E-state index contributed by atoms with van der Waals surface area (Å²) in [6, 6.07) is 6.41. The number of nitro groups is 1. The number of piperidine rings is 1. The van der Waals surface area contributed by atoms with E-state index in [1.165, 1.54) is 23.9 Å². The number of thioether (sulfide) groups is 1. The summed E-state index contributed by atoms with van der Waals surface area (Å²) in [5, 5.41) is 10.4. The zero-order valence-corrected chi connectivity index (χ0v) is 15.5. The Morgan fingerprint density at radius 1 is 1.38 bits per heavy atom. The quantitative estimate of drug-likeness (QED) is 0.486. The molecule has 1 aliphatic heterocycles. The van der Waals surface area contributed by atoms with E-state index in [0.29, 0.717) is 5.92 Å². The van der Waals surface area contributed by atoms with Gasteiger partial charge in [-0.2, -0.15) is 0 Å². The highest BCUT2D eigenvalue weighted by Crippen LogP contribution is 2.28. The fourth-order valence-corrected chi connectivity index (χ4v) is 3.75. The molecular formula is C16H24ClN3O3S. The fourth-order valence-electron chi connectivity index (χ4n) is 2.80. The minimum absolute atomic E-state index is 0. The number of nitrogens with zero attached hydrogens (tertiary/aromatic N) is 2. The largest absolute Gasteiger partial charge is 0.341 e. The number of nitrogens with two attached hydrogens (primary N) is 1. The van der Waals surface area contributed by atoms with Crippen molar-refractivity contribution in [2.24, 2.45) is 11.7 Å². The molecule has 8 heteroatoms. The molecule has 2 rings (SSSR count). The minimum atomic E-state index is -0.426.